The number of fused-ring (bicyclic) bond motifs is 1. The van der Waals surface area contributed by atoms with Gasteiger partial charge in [-0.15, -0.1) is 24.5 Å². The second-order valence-corrected chi connectivity index (χ2v) is 9.44. The lowest BCUT2D eigenvalue weighted by atomic mass is 10.1. The van der Waals surface area contributed by atoms with E-state index in [1.165, 1.54) is 12.1 Å². The number of nitrogens with zero attached hydrogens (tertiary/aromatic N) is 3. The molecule has 12 heteroatoms. The van der Waals surface area contributed by atoms with Crippen LogP contribution in [0.3, 0.4) is 0 Å². The van der Waals surface area contributed by atoms with E-state index in [1.54, 1.807) is 17.4 Å². The Morgan fingerprint density at radius 3 is 2.63 bits per heavy atom. The number of aliphatic hydroxyl groups excluding tert-OH is 1. The zero-order chi connectivity index (χ0) is 25.2. The van der Waals surface area contributed by atoms with Crippen molar-refractivity contribution in [3.8, 4) is 11.5 Å². The number of β-amino-alcohol motifs (C(OH)–C–C–N with tert-alkyl or cyclic N) is 1. The van der Waals surface area contributed by atoms with Crippen LogP contribution < -0.4 is 20.1 Å². The molecular formula is C23H25F3N4O4S. The summed E-state index contributed by atoms with van der Waals surface area (Å²) in [4.78, 5) is 19.8. The van der Waals surface area contributed by atoms with Gasteiger partial charge in [0.2, 0.25) is 0 Å². The van der Waals surface area contributed by atoms with Crippen LogP contribution in [-0.4, -0.2) is 72.7 Å². The first kappa shape index (κ1) is 25.0. The SMILES string of the molecule is Cc1nc2cc(OC[C@H](O)CN3CCN(c4ccc(C(N)=O)c(OC(F)(F)F)c4)CC3)ccc2s1. The lowest BCUT2D eigenvalue weighted by Crippen LogP contribution is -2.49. The van der Waals surface area contributed by atoms with Crippen LogP contribution in [0.15, 0.2) is 36.4 Å². The summed E-state index contributed by atoms with van der Waals surface area (Å²) in [5.41, 5.74) is 6.19. The zero-order valence-corrected chi connectivity index (χ0v) is 19.7. The number of thiazole rings is 1. The molecule has 4 rings (SSSR count). The summed E-state index contributed by atoms with van der Waals surface area (Å²) in [5, 5.41) is 11.4. The van der Waals surface area contributed by atoms with Gasteiger partial charge < -0.3 is 25.2 Å². The number of rotatable bonds is 8. The number of hydrogen-bond donors (Lipinski definition) is 2. The molecule has 1 aliphatic rings. The highest BCUT2D eigenvalue weighted by Crippen LogP contribution is 2.31. The minimum atomic E-state index is -4.94. The van der Waals surface area contributed by atoms with Crippen LogP contribution in [-0.2, 0) is 0 Å². The van der Waals surface area contributed by atoms with Gasteiger partial charge in [0.05, 0.1) is 20.8 Å². The highest BCUT2D eigenvalue weighted by molar-refractivity contribution is 7.18. The van der Waals surface area contributed by atoms with Crippen LogP contribution in [0.2, 0.25) is 0 Å². The van der Waals surface area contributed by atoms with E-state index in [4.69, 9.17) is 10.5 Å². The smallest absolute Gasteiger partial charge is 0.491 e. The largest absolute Gasteiger partial charge is 0.573 e. The Labute approximate surface area is 203 Å². The fourth-order valence-electron chi connectivity index (χ4n) is 3.96. The molecule has 35 heavy (non-hydrogen) atoms. The Morgan fingerprint density at radius 1 is 1.20 bits per heavy atom. The summed E-state index contributed by atoms with van der Waals surface area (Å²) >= 11 is 1.61. The normalized spacial score (nSPS) is 15.9. The van der Waals surface area contributed by atoms with Gasteiger partial charge in [-0.2, -0.15) is 0 Å². The number of anilines is 1. The Hall–Kier alpha value is -3.09. The van der Waals surface area contributed by atoms with Crippen molar-refractivity contribution in [1.29, 1.82) is 0 Å². The molecular weight excluding hydrogens is 485 g/mol. The molecule has 0 aliphatic carbocycles. The van der Waals surface area contributed by atoms with Crippen LogP contribution in [0.1, 0.15) is 15.4 Å². The van der Waals surface area contributed by atoms with Crippen LogP contribution in [0.4, 0.5) is 18.9 Å². The summed E-state index contributed by atoms with van der Waals surface area (Å²) in [5.74, 6) is -0.982. The van der Waals surface area contributed by atoms with Gasteiger partial charge >= 0.3 is 6.36 Å². The second-order valence-electron chi connectivity index (χ2n) is 8.21. The average molecular weight is 511 g/mol. The van der Waals surface area contributed by atoms with E-state index in [9.17, 15) is 23.1 Å². The van der Waals surface area contributed by atoms with Crippen molar-refractivity contribution in [2.45, 2.75) is 19.4 Å². The Bertz CT molecular complexity index is 1200. The minimum absolute atomic E-state index is 0.127. The molecule has 2 heterocycles. The number of ether oxygens (including phenoxy) is 2. The van der Waals surface area contributed by atoms with Crippen molar-refractivity contribution in [2.24, 2.45) is 5.73 Å². The Balaban J connectivity index is 1.29. The van der Waals surface area contributed by atoms with E-state index in [0.29, 0.717) is 44.2 Å². The number of amides is 1. The monoisotopic (exact) mass is 510 g/mol. The third-order valence-corrected chi connectivity index (χ3v) is 6.52. The molecule has 0 saturated carbocycles. The molecule has 8 nitrogen and oxygen atoms in total. The summed E-state index contributed by atoms with van der Waals surface area (Å²) < 4.78 is 49.0. The number of aryl methyl sites for hydroxylation is 1. The van der Waals surface area contributed by atoms with Gasteiger partial charge in [-0.25, -0.2) is 4.98 Å². The number of carbonyl (C=O) groups excluding carboxylic acids is 1. The number of primary amides is 1. The first-order valence-corrected chi connectivity index (χ1v) is 11.7. The Morgan fingerprint density at radius 2 is 1.94 bits per heavy atom. The molecule has 1 amide bonds. The molecule has 1 fully saturated rings. The molecule has 188 valence electrons. The summed E-state index contributed by atoms with van der Waals surface area (Å²) in [7, 11) is 0. The third-order valence-electron chi connectivity index (χ3n) is 5.57. The lowest BCUT2D eigenvalue weighted by Gasteiger charge is -2.37. The number of nitrogens with two attached hydrogens (primary N) is 1. The number of benzene rings is 2. The first-order chi connectivity index (χ1) is 16.6. The number of aliphatic hydroxyl groups is 1. The fraction of sp³-hybridized carbons (Fsp3) is 0.391. The van der Waals surface area contributed by atoms with Gasteiger partial charge in [-0.05, 0) is 31.2 Å². The second kappa shape index (κ2) is 10.3. The van der Waals surface area contributed by atoms with Gasteiger partial charge in [0.1, 0.15) is 24.2 Å². The summed E-state index contributed by atoms with van der Waals surface area (Å²) in [6.07, 6.45) is -5.65. The van der Waals surface area contributed by atoms with Crippen LogP contribution in [0.25, 0.3) is 10.2 Å². The number of hydrogen-bond acceptors (Lipinski definition) is 8. The number of alkyl halides is 3. The van der Waals surface area contributed by atoms with E-state index in [-0.39, 0.29) is 12.2 Å². The zero-order valence-electron chi connectivity index (χ0n) is 18.9. The number of piperazine rings is 1. The van der Waals surface area contributed by atoms with Gasteiger partial charge in [0.15, 0.2) is 0 Å². The third kappa shape index (κ3) is 6.53. The molecule has 2 aromatic carbocycles. The fourth-order valence-corrected chi connectivity index (χ4v) is 4.77. The molecule has 3 N–H and O–H groups in total. The summed E-state index contributed by atoms with van der Waals surface area (Å²) in [6, 6.07) is 9.60. The number of carbonyl (C=O) groups is 1. The van der Waals surface area contributed by atoms with Crippen LogP contribution >= 0.6 is 11.3 Å². The maximum atomic E-state index is 12.7. The number of aromatic nitrogens is 1. The van der Waals surface area contributed by atoms with E-state index in [1.807, 2.05) is 30.0 Å². The van der Waals surface area contributed by atoms with Gasteiger partial charge in [-0.1, -0.05) is 0 Å². The molecule has 1 aliphatic heterocycles. The molecule has 0 radical (unpaired) electrons. The number of halogens is 3. The molecule has 1 atom stereocenters. The summed E-state index contributed by atoms with van der Waals surface area (Å²) in [6.45, 7) is 4.70. The van der Waals surface area contributed by atoms with Crippen molar-refractivity contribution in [1.82, 2.24) is 9.88 Å². The molecule has 3 aromatic rings. The highest BCUT2D eigenvalue weighted by Gasteiger charge is 2.33. The highest BCUT2D eigenvalue weighted by atomic mass is 32.1. The molecule has 0 unspecified atom stereocenters. The van der Waals surface area contributed by atoms with E-state index in [0.717, 1.165) is 15.2 Å². The molecule has 0 spiro atoms. The van der Waals surface area contributed by atoms with Crippen molar-refractivity contribution < 1.29 is 32.5 Å². The molecule has 1 aromatic heterocycles. The van der Waals surface area contributed by atoms with Crippen LogP contribution in [0, 0.1) is 6.92 Å². The maximum absolute atomic E-state index is 12.7. The van der Waals surface area contributed by atoms with Crippen molar-refractivity contribution in [2.75, 3.05) is 44.2 Å². The predicted octanol–water partition coefficient (Wildman–Crippen LogP) is 3.16. The van der Waals surface area contributed by atoms with E-state index < -0.39 is 24.1 Å². The minimum Gasteiger partial charge on any atom is -0.491 e. The van der Waals surface area contributed by atoms with E-state index in [2.05, 4.69) is 14.6 Å². The van der Waals surface area contributed by atoms with Crippen molar-refractivity contribution in [3.05, 3.63) is 47.0 Å². The van der Waals surface area contributed by atoms with Gasteiger partial charge in [-0.3, -0.25) is 9.69 Å². The van der Waals surface area contributed by atoms with Gasteiger partial charge in [0, 0.05) is 50.5 Å². The lowest BCUT2D eigenvalue weighted by molar-refractivity contribution is -0.274. The van der Waals surface area contributed by atoms with Gasteiger partial charge in [0.25, 0.3) is 5.91 Å². The predicted molar refractivity (Wildman–Crippen MR) is 126 cm³/mol. The molecule has 0 bridgehead atoms. The molecule has 1 saturated heterocycles. The average Bonchev–Trinajstić information content (AvgIpc) is 3.16. The quantitative estimate of drug-likeness (QED) is 0.480. The van der Waals surface area contributed by atoms with Crippen LogP contribution in [0.5, 0.6) is 11.5 Å². The van der Waals surface area contributed by atoms with E-state index >= 15 is 0 Å². The maximum Gasteiger partial charge on any atom is 0.573 e. The topological polar surface area (TPSA) is 101 Å². The van der Waals surface area contributed by atoms with Crippen molar-refractivity contribution in [3.63, 3.8) is 0 Å². The van der Waals surface area contributed by atoms with Crippen molar-refractivity contribution >= 4 is 33.1 Å². The Kier molecular flexibility index (Phi) is 7.33. The standard InChI is InChI=1S/C23H25F3N4O4S/c1-14-28-19-11-17(3-5-21(19)35-14)33-13-16(31)12-29-6-8-30(9-7-29)15-2-4-18(22(27)32)20(10-15)34-23(24,25)26/h2-5,10-11,16,31H,6-9,12-13H2,1H3,(H2,27,32)/t16-/m1/s1. The first-order valence-electron chi connectivity index (χ1n) is 10.9.